The Morgan fingerprint density at radius 3 is 2.38 bits per heavy atom. The molecule has 0 radical (unpaired) electrons. The van der Waals surface area contributed by atoms with Crippen molar-refractivity contribution in [2.45, 2.75) is 0 Å². The largest absolute Gasteiger partial charge is 0.301 e. The van der Waals surface area contributed by atoms with Crippen LogP contribution in [0.3, 0.4) is 0 Å². The molecule has 0 saturated carbocycles. The van der Waals surface area contributed by atoms with Gasteiger partial charge >= 0.3 is 0 Å². The number of hydrogen-bond acceptors (Lipinski definition) is 1. The van der Waals surface area contributed by atoms with Crippen molar-refractivity contribution in [3.05, 3.63) is 54.6 Å². The van der Waals surface area contributed by atoms with Crippen molar-refractivity contribution in [3.63, 3.8) is 0 Å². The van der Waals surface area contributed by atoms with E-state index in [1.165, 1.54) is 11.2 Å². The lowest BCUT2D eigenvalue weighted by atomic mass is 10.3. The Balaban J connectivity index is 2.35. The third-order valence-electron chi connectivity index (χ3n) is 2.74. The van der Waals surface area contributed by atoms with E-state index in [4.69, 9.17) is 0 Å². The van der Waals surface area contributed by atoms with Crippen LogP contribution in [-0.2, 0) is 0 Å². The highest BCUT2D eigenvalue weighted by Gasteiger charge is 2.06. The third kappa shape index (κ3) is 1.37. The normalized spacial score (nSPS) is 11.0. The fourth-order valence-electron chi connectivity index (χ4n) is 2.05. The zero-order chi connectivity index (χ0) is 11.0. The number of rotatable bonds is 1. The van der Waals surface area contributed by atoms with E-state index in [0.717, 1.165) is 21.2 Å². The Kier molecular flexibility index (Phi) is 2.11. The Labute approximate surface area is 97.0 Å². The van der Waals surface area contributed by atoms with E-state index in [9.17, 15) is 0 Å². The summed E-state index contributed by atoms with van der Waals surface area (Å²) in [5.74, 6) is 0. The molecule has 3 aromatic rings. The first kappa shape index (κ1) is 9.36. The first-order chi connectivity index (χ1) is 7.86. The fourth-order valence-corrected chi connectivity index (χ4v) is 2.79. The second-order valence-electron chi connectivity index (χ2n) is 3.82. The molecule has 0 atom stereocenters. The van der Waals surface area contributed by atoms with Gasteiger partial charge in [0.1, 0.15) is 0 Å². The molecular formula is C13H12N2Si. The summed E-state index contributed by atoms with van der Waals surface area (Å²) in [4.78, 5) is 4.61. The van der Waals surface area contributed by atoms with Crippen LogP contribution >= 0.6 is 0 Å². The number of benzene rings is 2. The van der Waals surface area contributed by atoms with Crippen LogP contribution in [0.25, 0.3) is 16.7 Å². The Bertz CT molecular complexity index is 629. The highest BCUT2D eigenvalue weighted by Crippen LogP contribution is 2.15. The van der Waals surface area contributed by atoms with Gasteiger partial charge < -0.3 is 4.57 Å². The van der Waals surface area contributed by atoms with Crippen LogP contribution in [-0.4, -0.2) is 19.8 Å². The molecule has 0 fully saturated rings. The SMILES string of the molecule is [SiH3]c1nc2ccccc2n1-c1ccccc1. The second-order valence-corrected chi connectivity index (χ2v) is 4.71. The molecule has 0 aliphatic rings. The molecule has 0 aliphatic heterocycles. The highest BCUT2D eigenvalue weighted by molar-refractivity contribution is 6.30. The van der Waals surface area contributed by atoms with E-state index in [1.807, 2.05) is 12.1 Å². The van der Waals surface area contributed by atoms with Gasteiger partial charge in [-0.25, -0.2) is 4.98 Å². The van der Waals surface area contributed by atoms with Crippen LogP contribution in [0.5, 0.6) is 0 Å². The van der Waals surface area contributed by atoms with Crippen LogP contribution < -0.4 is 5.45 Å². The number of imidazole rings is 1. The van der Waals surface area contributed by atoms with E-state index in [-0.39, 0.29) is 0 Å². The van der Waals surface area contributed by atoms with Gasteiger partial charge in [0.2, 0.25) is 0 Å². The Morgan fingerprint density at radius 2 is 1.56 bits per heavy atom. The molecule has 2 aromatic carbocycles. The first-order valence-corrected chi connectivity index (χ1v) is 6.36. The molecule has 78 valence electrons. The van der Waals surface area contributed by atoms with Gasteiger partial charge in [0.25, 0.3) is 0 Å². The number of hydrogen-bond donors (Lipinski definition) is 0. The molecule has 1 heterocycles. The molecular weight excluding hydrogens is 212 g/mol. The van der Waals surface area contributed by atoms with Gasteiger partial charge in [-0.1, -0.05) is 30.3 Å². The molecule has 0 saturated heterocycles. The Morgan fingerprint density at radius 1 is 0.875 bits per heavy atom. The van der Waals surface area contributed by atoms with Crippen LogP contribution in [0.15, 0.2) is 54.6 Å². The smallest absolute Gasteiger partial charge is 0.0886 e. The predicted molar refractivity (Wildman–Crippen MR) is 70.6 cm³/mol. The van der Waals surface area contributed by atoms with Gasteiger partial charge in [-0.05, 0) is 24.3 Å². The maximum atomic E-state index is 4.61. The van der Waals surface area contributed by atoms with Crippen molar-refractivity contribution in [2.24, 2.45) is 0 Å². The van der Waals surface area contributed by atoms with Gasteiger partial charge in [0.05, 0.1) is 26.7 Å². The maximum Gasteiger partial charge on any atom is 0.0886 e. The van der Waals surface area contributed by atoms with Gasteiger partial charge in [0.15, 0.2) is 0 Å². The molecule has 3 rings (SSSR count). The molecule has 1 aromatic heterocycles. The van der Waals surface area contributed by atoms with E-state index >= 15 is 0 Å². The molecule has 0 N–H and O–H groups in total. The van der Waals surface area contributed by atoms with E-state index in [1.54, 1.807) is 0 Å². The van der Waals surface area contributed by atoms with Crippen LogP contribution in [0, 0.1) is 0 Å². The van der Waals surface area contributed by atoms with Gasteiger partial charge in [-0.15, -0.1) is 0 Å². The van der Waals surface area contributed by atoms with E-state index in [2.05, 4.69) is 52.0 Å². The molecule has 0 unspecified atom stereocenters. The van der Waals surface area contributed by atoms with E-state index < -0.39 is 0 Å². The zero-order valence-corrected chi connectivity index (χ0v) is 11.1. The number of fused-ring (bicyclic) bond motifs is 1. The summed E-state index contributed by atoms with van der Waals surface area (Å²) in [6, 6.07) is 18.7. The van der Waals surface area contributed by atoms with Crippen molar-refractivity contribution in [3.8, 4) is 5.69 Å². The third-order valence-corrected chi connectivity index (χ3v) is 3.41. The summed E-state index contributed by atoms with van der Waals surface area (Å²) in [5, 5.41) is 0. The predicted octanol–water partition coefficient (Wildman–Crippen LogP) is 1.02. The Hall–Kier alpha value is -1.87. The highest BCUT2D eigenvalue weighted by atomic mass is 28.1. The number of para-hydroxylation sites is 3. The molecule has 0 bridgehead atoms. The first-order valence-electron chi connectivity index (χ1n) is 5.36. The average Bonchev–Trinajstić information content (AvgIpc) is 2.66. The summed E-state index contributed by atoms with van der Waals surface area (Å²) < 4.78 is 2.24. The van der Waals surface area contributed by atoms with Crippen molar-refractivity contribution >= 4 is 26.7 Å². The quantitative estimate of drug-likeness (QED) is 0.564. The number of aromatic nitrogens is 2. The molecule has 0 spiro atoms. The van der Waals surface area contributed by atoms with Crippen molar-refractivity contribution < 1.29 is 0 Å². The summed E-state index contributed by atoms with van der Waals surface area (Å²) in [7, 11) is 0.951. The molecule has 3 heteroatoms. The van der Waals surface area contributed by atoms with Crippen LogP contribution in [0.1, 0.15) is 0 Å². The lowest BCUT2D eigenvalue weighted by Crippen LogP contribution is -2.17. The fraction of sp³-hybridized carbons (Fsp3) is 0. The monoisotopic (exact) mass is 224 g/mol. The maximum absolute atomic E-state index is 4.61. The minimum atomic E-state index is 0.951. The molecule has 0 amide bonds. The van der Waals surface area contributed by atoms with Gasteiger partial charge in [-0.3, -0.25) is 0 Å². The summed E-state index contributed by atoms with van der Waals surface area (Å²) in [6.45, 7) is 0. The minimum Gasteiger partial charge on any atom is -0.301 e. The summed E-state index contributed by atoms with van der Waals surface area (Å²) in [5.41, 5.74) is 4.63. The van der Waals surface area contributed by atoms with Gasteiger partial charge in [-0.2, -0.15) is 0 Å². The number of nitrogens with zero attached hydrogens (tertiary/aromatic N) is 2. The van der Waals surface area contributed by atoms with Gasteiger partial charge in [0, 0.05) is 5.69 Å². The zero-order valence-electron chi connectivity index (χ0n) is 9.09. The van der Waals surface area contributed by atoms with Crippen molar-refractivity contribution in [2.75, 3.05) is 0 Å². The average molecular weight is 224 g/mol. The second kappa shape index (κ2) is 3.61. The van der Waals surface area contributed by atoms with Crippen molar-refractivity contribution in [1.82, 2.24) is 9.55 Å². The standard InChI is InChI=1S/C13H12N2Si/c16-13-14-11-8-4-5-9-12(11)15(13)10-6-2-1-3-7-10/h1-9H,16H3. The minimum absolute atomic E-state index is 0.951. The molecule has 2 nitrogen and oxygen atoms in total. The lowest BCUT2D eigenvalue weighted by Gasteiger charge is -2.06. The summed E-state index contributed by atoms with van der Waals surface area (Å²) >= 11 is 0. The molecule has 16 heavy (non-hydrogen) atoms. The topological polar surface area (TPSA) is 17.8 Å². The van der Waals surface area contributed by atoms with E-state index in [0.29, 0.717) is 0 Å². The summed E-state index contributed by atoms with van der Waals surface area (Å²) in [6.07, 6.45) is 0. The lowest BCUT2D eigenvalue weighted by molar-refractivity contribution is 1.15. The van der Waals surface area contributed by atoms with Crippen LogP contribution in [0.2, 0.25) is 0 Å². The molecule has 0 aliphatic carbocycles. The van der Waals surface area contributed by atoms with Crippen LogP contribution in [0.4, 0.5) is 0 Å². The van der Waals surface area contributed by atoms with Crippen molar-refractivity contribution in [1.29, 1.82) is 0 Å².